The van der Waals surface area contributed by atoms with Gasteiger partial charge in [-0.25, -0.2) is 13.1 Å². The second-order valence-corrected chi connectivity index (χ2v) is 6.04. The van der Waals surface area contributed by atoms with Crippen molar-refractivity contribution in [3.8, 4) is 5.75 Å². The molecule has 0 saturated heterocycles. The number of benzene rings is 1. The normalized spacial score (nSPS) is 13.1. The summed E-state index contributed by atoms with van der Waals surface area (Å²) in [5, 5.41) is 9.12. The molecule has 120 valence electrons. The Morgan fingerprint density at radius 3 is 2.52 bits per heavy atom. The number of aliphatic hydroxyl groups is 1. The summed E-state index contributed by atoms with van der Waals surface area (Å²) in [5.41, 5.74) is 0.483. The summed E-state index contributed by atoms with van der Waals surface area (Å²) in [6.07, 6.45) is -0.392. The maximum absolute atomic E-state index is 12.3. The molecule has 8 heteroatoms. The molecule has 1 aromatic carbocycles. The van der Waals surface area contributed by atoms with E-state index in [1.807, 2.05) is 0 Å². The Morgan fingerprint density at radius 1 is 1.29 bits per heavy atom. The quantitative estimate of drug-likeness (QED) is 0.672. The van der Waals surface area contributed by atoms with Crippen LogP contribution in [-0.4, -0.2) is 54.1 Å². The van der Waals surface area contributed by atoms with E-state index in [-0.39, 0.29) is 30.4 Å². The molecular weight excluding hydrogens is 298 g/mol. The molecule has 0 bridgehead atoms. The first-order chi connectivity index (χ1) is 9.98. The first-order valence-corrected chi connectivity index (χ1v) is 7.76. The standard InChI is InChI=1S/C13H21NO6S/c1-18-9-11(19-2)7-14-21(16,17)13-6-10(8-15)4-5-12(13)20-3/h4-6,11,14-15H,7-9H2,1-3H3. The van der Waals surface area contributed by atoms with E-state index in [4.69, 9.17) is 19.3 Å². The van der Waals surface area contributed by atoms with Crippen LogP contribution in [0.2, 0.25) is 0 Å². The van der Waals surface area contributed by atoms with E-state index in [0.717, 1.165) is 0 Å². The summed E-state index contributed by atoms with van der Waals surface area (Å²) < 4.78 is 42.2. The molecule has 0 fully saturated rings. The van der Waals surface area contributed by atoms with Gasteiger partial charge >= 0.3 is 0 Å². The molecule has 1 atom stereocenters. The van der Waals surface area contributed by atoms with Crippen molar-refractivity contribution in [2.24, 2.45) is 0 Å². The molecule has 1 unspecified atom stereocenters. The molecule has 0 aliphatic carbocycles. The summed E-state index contributed by atoms with van der Waals surface area (Å²) in [4.78, 5) is -0.0242. The number of methoxy groups -OCH3 is 3. The van der Waals surface area contributed by atoms with Crippen LogP contribution in [0.15, 0.2) is 23.1 Å². The fourth-order valence-corrected chi connectivity index (χ4v) is 2.99. The predicted molar refractivity (Wildman–Crippen MR) is 76.8 cm³/mol. The van der Waals surface area contributed by atoms with Gasteiger partial charge in [0.2, 0.25) is 10.0 Å². The van der Waals surface area contributed by atoms with Gasteiger partial charge in [-0.15, -0.1) is 0 Å². The van der Waals surface area contributed by atoms with Crippen molar-refractivity contribution in [1.82, 2.24) is 4.72 Å². The minimum absolute atomic E-state index is 0.0242. The highest BCUT2D eigenvalue weighted by atomic mass is 32.2. The average molecular weight is 319 g/mol. The van der Waals surface area contributed by atoms with Crippen LogP contribution in [0.4, 0.5) is 0 Å². The number of aliphatic hydroxyl groups excluding tert-OH is 1. The van der Waals surface area contributed by atoms with E-state index in [2.05, 4.69) is 4.72 Å². The van der Waals surface area contributed by atoms with Gasteiger partial charge in [-0.2, -0.15) is 0 Å². The Hall–Kier alpha value is -1.19. The van der Waals surface area contributed by atoms with Crippen LogP contribution in [0, 0.1) is 0 Å². The van der Waals surface area contributed by atoms with Gasteiger partial charge in [0.05, 0.1) is 26.4 Å². The summed E-state index contributed by atoms with van der Waals surface area (Å²) in [7, 11) is 0.589. The zero-order valence-electron chi connectivity index (χ0n) is 12.3. The zero-order valence-corrected chi connectivity index (χ0v) is 13.1. The van der Waals surface area contributed by atoms with Gasteiger partial charge in [0.1, 0.15) is 10.6 Å². The number of rotatable bonds is 9. The average Bonchev–Trinajstić information content (AvgIpc) is 2.50. The number of nitrogens with one attached hydrogen (secondary N) is 1. The molecule has 0 aliphatic heterocycles. The van der Waals surface area contributed by atoms with E-state index in [9.17, 15) is 8.42 Å². The number of ether oxygens (including phenoxy) is 3. The zero-order chi connectivity index (χ0) is 15.9. The molecule has 7 nitrogen and oxygen atoms in total. The maximum Gasteiger partial charge on any atom is 0.244 e. The number of hydrogen-bond donors (Lipinski definition) is 2. The van der Waals surface area contributed by atoms with Gasteiger partial charge in [-0.05, 0) is 17.7 Å². The van der Waals surface area contributed by atoms with Gasteiger partial charge < -0.3 is 19.3 Å². The Morgan fingerprint density at radius 2 is 2.00 bits per heavy atom. The lowest BCUT2D eigenvalue weighted by atomic mass is 10.2. The lowest BCUT2D eigenvalue weighted by Gasteiger charge is -2.16. The van der Waals surface area contributed by atoms with E-state index in [1.165, 1.54) is 33.5 Å². The van der Waals surface area contributed by atoms with Crippen LogP contribution in [0.25, 0.3) is 0 Å². The molecular formula is C13H21NO6S. The van der Waals surface area contributed by atoms with Gasteiger partial charge in [-0.3, -0.25) is 0 Å². The topological polar surface area (TPSA) is 94.1 Å². The van der Waals surface area contributed by atoms with E-state index >= 15 is 0 Å². The highest BCUT2D eigenvalue weighted by Gasteiger charge is 2.21. The maximum atomic E-state index is 12.3. The molecule has 1 aromatic rings. The summed E-state index contributed by atoms with van der Waals surface area (Å²) in [6.45, 7) is 0.0862. The van der Waals surface area contributed by atoms with Gasteiger partial charge in [-0.1, -0.05) is 6.07 Å². The first-order valence-electron chi connectivity index (χ1n) is 6.27. The number of sulfonamides is 1. The van der Waals surface area contributed by atoms with E-state index in [0.29, 0.717) is 5.56 Å². The van der Waals surface area contributed by atoms with Crippen LogP contribution >= 0.6 is 0 Å². The minimum Gasteiger partial charge on any atom is -0.495 e. The van der Waals surface area contributed by atoms with Crippen molar-refractivity contribution in [3.63, 3.8) is 0 Å². The highest BCUT2D eigenvalue weighted by molar-refractivity contribution is 7.89. The van der Waals surface area contributed by atoms with Gasteiger partial charge in [0, 0.05) is 20.8 Å². The highest BCUT2D eigenvalue weighted by Crippen LogP contribution is 2.24. The molecule has 0 amide bonds. The minimum atomic E-state index is -3.78. The molecule has 1 rings (SSSR count). The van der Waals surface area contributed by atoms with Crippen LogP contribution < -0.4 is 9.46 Å². The number of hydrogen-bond acceptors (Lipinski definition) is 6. The Kier molecular flexibility index (Phi) is 7.06. The fourth-order valence-electron chi connectivity index (χ4n) is 1.71. The molecule has 0 heterocycles. The third-order valence-electron chi connectivity index (χ3n) is 2.89. The molecule has 0 radical (unpaired) electrons. The summed E-state index contributed by atoms with van der Waals surface area (Å²) >= 11 is 0. The Bertz CT molecular complexity index is 546. The SMILES string of the molecule is COCC(CNS(=O)(=O)c1cc(CO)ccc1OC)OC. The second kappa shape index (κ2) is 8.30. The van der Waals surface area contributed by atoms with Crippen LogP contribution in [-0.2, 0) is 26.1 Å². The molecule has 0 saturated carbocycles. The predicted octanol–water partition coefficient (Wildman–Crippen LogP) is 0.127. The van der Waals surface area contributed by atoms with E-state index in [1.54, 1.807) is 6.07 Å². The van der Waals surface area contributed by atoms with Gasteiger partial charge in [0.15, 0.2) is 0 Å². The molecule has 0 aromatic heterocycles. The van der Waals surface area contributed by atoms with Crippen molar-refractivity contribution >= 4 is 10.0 Å². The Labute approximate surface area is 124 Å². The van der Waals surface area contributed by atoms with Crippen LogP contribution in [0.3, 0.4) is 0 Å². The summed E-state index contributed by atoms with van der Waals surface area (Å²) in [5.74, 6) is 0.209. The molecule has 0 spiro atoms. The van der Waals surface area contributed by atoms with E-state index < -0.39 is 16.1 Å². The second-order valence-electron chi connectivity index (χ2n) is 4.31. The smallest absolute Gasteiger partial charge is 0.244 e. The first kappa shape index (κ1) is 17.9. The lowest BCUT2D eigenvalue weighted by Crippen LogP contribution is -2.35. The van der Waals surface area contributed by atoms with Crippen molar-refractivity contribution in [2.75, 3.05) is 34.5 Å². The van der Waals surface area contributed by atoms with Gasteiger partial charge in [0.25, 0.3) is 0 Å². The largest absolute Gasteiger partial charge is 0.495 e. The van der Waals surface area contributed by atoms with Crippen molar-refractivity contribution < 1.29 is 27.7 Å². The summed E-state index contributed by atoms with van der Waals surface area (Å²) in [6, 6.07) is 4.48. The van der Waals surface area contributed by atoms with Crippen molar-refractivity contribution in [2.45, 2.75) is 17.6 Å². The third-order valence-corrected chi connectivity index (χ3v) is 4.33. The van der Waals surface area contributed by atoms with Crippen LogP contribution in [0.1, 0.15) is 5.56 Å². The van der Waals surface area contributed by atoms with Crippen molar-refractivity contribution in [3.05, 3.63) is 23.8 Å². The van der Waals surface area contributed by atoms with Crippen molar-refractivity contribution in [1.29, 1.82) is 0 Å². The third kappa shape index (κ3) is 4.94. The monoisotopic (exact) mass is 319 g/mol. The molecule has 21 heavy (non-hydrogen) atoms. The van der Waals surface area contributed by atoms with Crippen LogP contribution in [0.5, 0.6) is 5.75 Å². The Balaban J connectivity index is 2.96. The molecule has 0 aliphatic rings. The fraction of sp³-hybridized carbons (Fsp3) is 0.538. The molecule has 2 N–H and O–H groups in total. The lowest BCUT2D eigenvalue weighted by molar-refractivity contribution is 0.0320.